The fourth-order valence-corrected chi connectivity index (χ4v) is 1.99. The van der Waals surface area contributed by atoms with Crippen molar-refractivity contribution in [2.24, 2.45) is 0 Å². The Morgan fingerprint density at radius 2 is 2.05 bits per heavy atom. The zero-order chi connectivity index (χ0) is 13.4. The first-order valence-corrected chi connectivity index (χ1v) is 5.84. The second kappa shape index (κ2) is 4.35. The highest BCUT2D eigenvalue weighted by Crippen LogP contribution is 2.29. The number of fused-ring (bicyclic) bond motifs is 1. The van der Waals surface area contributed by atoms with Crippen molar-refractivity contribution in [3.63, 3.8) is 0 Å². The third-order valence-corrected chi connectivity index (χ3v) is 2.97. The lowest BCUT2D eigenvalue weighted by Crippen LogP contribution is -1.93. The molecule has 0 saturated carbocycles. The molecule has 2 heterocycles. The fraction of sp³-hybridized carbons (Fsp3) is 0.143. The minimum absolute atomic E-state index is 0.320. The van der Waals surface area contributed by atoms with Gasteiger partial charge < -0.3 is 4.74 Å². The van der Waals surface area contributed by atoms with Gasteiger partial charge in [-0.05, 0) is 31.2 Å². The fourth-order valence-electron chi connectivity index (χ4n) is 1.99. The summed E-state index contributed by atoms with van der Waals surface area (Å²) >= 11 is 0. The van der Waals surface area contributed by atoms with Crippen LogP contribution >= 0.6 is 0 Å². The maximum absolute atomic E-state index is 14.0. The highest BCUT2D eigenvalue weighted by Gasteiger charge is 2.13. The quantitative estimate of drug-likeness (QED) is 0.708. The molecular weight excluding hydrogens is 245 g/mol. The summed E-state index contributed by atoms with van der Waals surface area (Å²) in [5.41, 5.74) is 2.58. The second-order valence-electron chi connectivity index (χ2n) is 4.24. The smallest absolute Gasteiger partial charge is 0.163 e. The molecule has 0 atom stereocenters. The predicted molar refractivity (Wildman–Crippen MR) is 69.7 cm³/mol. The zero-order valence-electron chi connectivity index (χ0n) is 10.6. The van der Waals surface area contributed by atoms with E-state index in [1.807, 2.05) is 13.0 Å². The largest absolute Gasteiger partial charge is 0.497 e. The highest BCUT2D eigenvalue weighted by atomic mass is 19.1. The molecule has 3 rings (SSSR count). The van der Waals surface area contributed by atoms with Gasteiger partial charge in [-0.1, -0.05) is 0 Å². The van der Waals surface area contributed by atoms with Crippen LogP contribution < -0.4 is 4.74 Å². The van der Waals surface area contributed by atoms with Crippen molar-refractivity contribution < 1.29 is 9.13 Å². The summed E-state index contributed by atoms with van der Waals surface area (Å²) in [6.45, 7) is 1.89. The molecule has 0 aliphatic carbocycles. The van der Waals surface area contributed by atoms with Crippen LogP contribution in [0.15, 0.2) is 36.7 Å². The lowest BCUT2D eigenvalue weighted by atomic mass is 10.1. The monoisotopic (exact) mass is 257 g/mol. The predicted octanol–water partition coefficient (Wildman–Crippen LogP) is 2.85. The number of rotatable bonds is 2. The topological polar surface area (TPSA) is 39.4 Å². The Kier molecular flexibility index (Phi) is 2.67. The molecule has 5 heteroatoms. The van der Waals surface area contributed by atoms with Gasteiger partial charge in [-0.15, -0.1) is 0 Å². The molecule has 96 valence electrons. The van der Waals surface area contributed by atoms with Gasteiger partial charge in [0.15, 0.2) is 5.65 Å². The average Bonchev–Trinajstić information content (AvgIpc) is 2.82. The number of benzene rings is 1. The maximum Gasteiger partial charge on any atom is 0.163 e. The minimum Gasteiger partial charge on any atom is -0.497 e. The van der Waals surface area contributed by atoms with Gasteiger partial charge in [0.2, 0.25) is 0 Å². The van der Waals surface area contributed by atoms with Gasteiger partial charge in [0.05, 0.1) is 13.3 Å². The van der Waals surface area contributed by atoms with Crippen molar-refractivity contribution in [3.8, 4) is 16.9 Å². The van der Waals surface area contributed by atoms with Crippen molar-refractivity contribution in [3.05, 3.63) is 48.2 Å². The molecule has 0 spiro atoms. The normalized spacial score (nSPS) is 10.9. The van der Waals surface area contributed by atoms with E-state index in [1.54, 1.807) is 36.2 Å². The van der Waals surface area contributed by atoms with Crippen molar-refractivity contribution >= 4 is 5.65 Å². The van der Waals surface area contributed by atoms with Gasteiger partial charge in [-0.3, -0.25) is 0 Å². The lowest BCUT2D eigenvalue weighted by Gasteiger charge is -2.05. The zero-order valence-corrected chi connectivity index (χ0v) is 10.6. The van der Waals surface area contributed by atoms with Gasteiger partial charge in [-0.2, -0.15) is 5.10 Å². The molecule has 0 fully saturated rings. The van der Waals surface area contributed by atoms with Crippen molar-refractivity contribution in [2.45, 2.75) is 6.92 Å². The molecule has 0 N–H and O–H groups in total. The van der Waals surface area contributed by atoms with Crippen LogP contribution in [0, 0.1) is 12.7 Å². The van der Waals surface area contributed by atoms with Crippen molar-refractivity contribution in [2.75, 3.05) is 7.11 Å². The average molecular weight is 257 g/mol. The Hall–Kier alpha value is -2.43. The van der Waals surface area contributed by atoms with Gasteiger partial charge in [0.1, 0.15) is 11.6 Å². The molecule has 1 aromatic carbocycles. The van der Waals surface area contributed by atoms with Crippen LogP contribution in [0.1, 0.15) is 5.69 Å². The molecule has 0 aliphatic rings. The minimum atomic E-state index is -0.320. The Morgan fingerprint density at radius 3 is 2.84 bits per heavy atom. The summed E-state index contributed by atoms with van der Waals surface area (Å²) in [6, 6.07) is 6.47. The summed E-state index contributed by atoms with van der Waals surface area (Å²) < 4.78 is 20.7. The first-order chi connectivity index (χ1) is 9.19. The van der Waals surface area contributed by atoms with Crippen molar-refractivity contribution in [1.29, 1.82) is 0 Å². The molecule has 0 aliphatic heterocycles. The lowest BCUT2D eigenvalue weighted by molar-refractivity contribution is 0.414. The Labute approximate surface area is 109 Å². The van der Waals surface area contributed by atoms with Crippen LogP contribution in [0.25, 0.3) is 16.8 Å². The van der Waals surface area contributed by atoms with Gasteiger partial charge in [0, 0.05) is 23.0 Å². The first kappa shape index (κ1) is 11.6. The summed E-state index contributed by atoms with van der Waals surface area (Å²) in [6.07, 6.45) is 3.42. The molecule has 19 heavy (non-hydrogen) atoms. The molecule has 0 bridgehead atoms. The number of aryl methyl sites for hydroxylation is 1. The molecule has 0 amide bonds. The van der Waals surface area contributed by atoms with Crippen LogP contribution in [0.3, 0.4) is 0 Å². The molecule has 3 aromatic rings. The van der Waals surface area contributed by atoms with Gasteiger partial charge >= 0.3 is 0 Å². The highest BCUT2D eigenvalue weighted by molar-refractivity contribution is 5.78. The number of ether oxygens (including phenoxy) is 1. The summed E-state index contributed by atoms with van der Waals surface area (Å²) in [7, 11) is 1.55. The summed E-state index contributed by atoms with van der Waals surface area (Å²) in [5, 5.41) is 4.18. The van der Waals surface area contributed by atoms with E-state index >= 15 is 0 Å². The van der Waals surface area contributed by atoms with Crippen LogP contribution in [0.2, 0.25) is 0 Å². The first-order valence-electron chi connectivity index (χ1n) is 5.84. The van der Waals surface area contributed by atoms with E-state index in [0.717, 1.165) is 5.69 Å². The molecule has 0 unspecified atom stereocenters. The van der Waals surface area contributed by atoms with E-state index < -0.39 is 0 Å². The molecule has 2 aromatic heterocycles. The standard InChI is InChI=1S/C14H12FN3O/c1-9-5-6-18-14(17-9)12(8-16-18)11-7-10(19-2)3-4-13(11)15/h3-8H,1-2H3. The van der Waals surface area contributed by atoms with E-state index in [4.69, 9.17) is 4.74 Å². The van der Waals surface area contributed by atoms with Crippen LogP contribution in [-0.4, -0.2) is 21.7 Å². The van der Waals surface area contributed by atoms with E-state index in [9.17, 15) is 4.39 Å². The van der Waals surface area contributed by atoms with E-state index in [0.29, 0.717) is 22.5 Å². The number of hydrogen-bond donors (Lipinski definition) is 0. The number of hydrogen-bond acceptors (Lipinski definition) is 3. The number of methoxy groups -OCH3 is 1. The molecule has 0 saturated heterocycles. The molecular formula is C14H12FN3O. The van der Waals surface area contributed by atoms with E-state index in [-0.39, 0.29) is 5.82 Å². The van der Waals surface area contributed by atoms with Gasteiger partial charge in [-0.25, -0.2) is 13.9 Å². The maximum atomic E-state index is 14.0. The van der Waals surface area contributed by atoms with Crippen LogP contribution in [-0.2, 0) is 0 Å². The van der Waals surface area contributed by atoms with Crippen LogP contribution in [0.4, 0.5) is 4.39 Å². The molecule has 4 nitrogen and oxygen atoms in total. The van der Waals surface area contributed by atoms with E-state index in [1.165, 1.54) is 6.07 Å². The Bertz CT molecular complexity index is 752. The van der Waals surface area contributed by atoms with E-state index in [2.05, 4.69) is 10.1 Å². The number of nitrogens with zero attached hydrogens (tertiary/aromatic N) is 3. The Morgan fingerprint density at radius 1 is 1.21 bits per heavy atom. The third kappa shape index (κ3) is 1.93. The van der Waals surface area contributed by atoms with Gasteiger partial charge in [0.25, 0.3) is 0 Å². The van der Waals surface area contributed by atoms with Crippen LogP contribution in [0.5, 0.6) is 5.75 Å². The summed E-state index contributed by atoms with van der Waals surface area (Å²) in [5.74, 6) is 0.280. The molecule has 0 radical (unpaired) electrons. The SMILES string of the molecule is COc1ccc(F)c(-c2cnn3ccc(C)nc23)c1. The summed E-state index contributed by atoms with van der Waals surface area (Å²) in [4.78, 5) is 4.40. The Balaban J connectivity index is 2.26. The second-order valence-corrected chi connectivity index (χ2v) is 4.24. The number of halogens is 1. The number of aromatic nitrogens is 3. The third-order valence-electron chi connectivity index (χ3n) is 2.97. The van der Waals surface area contributed by atoms with Crippen molar-refractivity contribution in [1.82, 2.24) is 14.6 Å².